The van der Waals surface area contributed by atoms with Crippen LogP contribution in [0.15, 0.2) is 0 Å². The molecule has 1 fully saturated rings. The molecule has 2 heterocycles. The van der Waals surface area contributed by atoms with Crippen LogP contribution in [0, 0.1) is 0 Å². The standard InChI is InChI=1S/C6H11N5O/c1-11-6(8-9-10-11)4-2-7-3-5(4)12/h4-5,7,12H,2-3H2,1H3/t4-,5-/m1/s1. The zero-order valence-corrected chi connectivity index (χ0v) is 6.80. The monoisotopic (exact) mass is 169 g/mol. The predicted molar refractivity (Wildman–Crippen MR) is 40.4 cm³/mol. The number of nitrogens with one attached hydrogen (secondary N) is 1. The minimum atomic E-state index is -0.366. The third-order valence-electron chi connectivity index (χ3n) is 2.17. The van der Waals surface area contributed by atoms with Crippen molar-refractivity contribution in [3.05, 3.63) is 5.82 Å². The van der Waals surface area contributed by atoms with Crippen LogP contribution in [0.3, 0.4) is 0 Å². The highest BCUT2D eigenvalue weighted by atomic mass is 16.3. The van der Waals surface area contributed by atoms with Gasteiger partial charge in [-0.1, -0.05) is 0 Å². The van der Waals surface area contributed by atoms with Crippen LogP contribution in [0.5, 0.6) is 0 Å². The molecular formula is C6H11N5O. The van der Waals surface area contributed by atoms with Crippen LogP contribution in [-0.2, 0) is 7.05 Å². The molecule has 0 bridgehead atoms. The van der Waals surface area contributed by atoms with Gasteiger partial charge in [-0.3, -0.25) is 0 Å². The van der Waals surface area contributed by atoms with Gasteiger partial charge < -0.3 is 10.4 Å². The third-order valence-corrected chi connectivity index (χ3v) is 2.17. The minimum absolute atomic E-state index is 0.0324. The van der Waals surface area contributed by atoms with Crippen LogP contribution in [0.25, 0.3) is 0 Å². The fraction of sp³-hybridized carbons (Fsp3) is 0.833. The summed E-state index contributed by atoms with van der Waals surface area (Å²) >= 11 is 0. The molecule has 0 unspecified atom stereocenters. The Morgan fingerprint density at radius 2 is 2.42 bits per heavy atom. The number of aliphatic hydroxyl groups is 1. The smallest absolute Gasteiger partial charge is 0.157 e. The number of aliphatic hydroxyl groups excluding tert-OH is 1. The highest BCUT2D eigenvalue weighted by molar-refractivity contribution is 5.02. The van der Waals surface area contributed by atoms with Crippen molar-refractivity contribution >= 4 is 0 Å². The predicted octanol–water partition coefficient (Wildman–Crippen LogP) is -1.74. The molecule has 2 rings (SSSR count). The molecule has 0 radical (unpaired) electrons. The SMILES string of the molecule is Cn1nnnc1[C@@H]1CNC[C@H]1O. The van der Waals surface area contributed by atoms with Gasteiger partial charge in [0.2, 0.25) is 0 Å². The van der Waals surface area contributed by atoms with Crippen LogP contribution < -0.4 is 5.32 Å². The molecule has 0 amide bonds. The lowest BCUT2D eigenvalue weighted by Gasteiger charge is -2.09. The molecular weight excluding hydrogens is 158 g/mol. The van der Waals surface area contributed by atoms with Gasteiger partial charge in [-0.05, 0) is 10.4 Å². The molecule has 1 aliphatic heterocycles. The summed E-state index contributed by atoms with van der Waals surface area (Å²) in [5, 5.41) is 23.7. The largest absolute Gasteiger partial charge is 0.391 e. The quantitative estimate of drug-likeness (QED) is 0.522. The van der Waals surface area contributed by atoms with Gasteiger partial charge >= 0.3 is 0 Å². The van der Waals surface area contributed by atoms with E-state index >= 15 is 0 Å². The van der Waals surface area contributed by atoms with Crippen LogP contribution in [0.2, 0.25) is 0 Å². The van der Waals surface area contributed by atoms with Gasteiger partial charge in [0.1, 0.15) is 0 Å². The Morgan fingerprint density at radius 3 is 2.92 bits per heavy atom. The first-order valence-corrected chi connectivity index (χ1v) is 3.90. The Hall–Kier alpha value is -1.01. The zero-order valence-electron chi connectivity index (χ0n) is 6.80. The molecule has 2 atom stereocenters. The van der Waals surface area contributed by atoms with E-state index in [2.05, 4.69) is 20.8 Å². The number of aromatic nitrogens is 4. The van der Waals surface area contributed by atoms with Gasteiger partial charge in [-0.2, -0.15) is 0 Å². The first kappa shape index (κ1) is 7.63. The maximum absolute atomic E-state index is 9.51. The number of tetrazole rings is 1. The van der Waals surface area contributed by atoms with Gasteiger partial charge in [-0.25, -0.2) is 4.68 Å². The lowest BCUT2D eigenvalue weighted by atomic mass is 10.1. The summed E-state index contributed by atoms with van der Waals surface area (Å²) < 4.78 is 1.60. The van der Waals surface area contributed by atoms with E-state index in [1.165, 1.54) is 0 Å². The fourth-order valence-electron chi connectivity index (χ4n) is 1.48. The van der Waals surface area contributed by atoms with Crippen LogP contribution >= 0.6 is 0 Å². The van der Waals surface area contributed by atoms with Gasteiger partial charge in [0.15, 0.2) is 5.82 Å². The summed E-state index contributed by atoms with van der Waals surface area (Å²) in [4.78, 5) is 0. The molecule has 1 aromatic heterocycles. The van der Waals surface area contributed by atoms with E-state index in [4.69, 9.17) is 0 Å². The fourth-order valence-corrected chi connectivity index (χ4v) is 1.48. The highest BCUT2D eigenvalue weighted by Crippen LogP contribution is 2.18. The summed E-state index contributed by atoms with van der Waals surface area (Å²) in [5.41, 5.74) is 0. The number of nitrogens with zero attached hydrogens (tertiary/aromatic N) is 4. The Bertz CT molecular complexity index is 273. The Kier molecular flexibility index (Phi) is 1.78. The molecule has 0 aromatic carbocycles. The molecule has 0 saturated carbocycles. The van der Waals surface area contributed by atoms with Crippen molar-refractivity contribution in [1.82, 2.24) is 25.5 Å². The molecule has 2 N–H and O–H groups in total. The maximum Gasteiger partial charge on any atom is 0.157 e. The van der Waals surface area contributed by atoms with E-state index in [-0.39, 0.29) is 12.0 Å². The molecule has 6 heteroatoms. The number of rotatable bonds is 1. The zero-order chi connectivity index (χ0) is 8.55. The average molecular weight is 169 g/mol. The van der Waals surface area contributed by atoms with E-state index in [0.29, 0.717) is 6.54 Å². The van der Waals surface area contributed by atoms with Crippen molar-refractivity contribution in [2.75, 3.05) is 13.1 Å². The topological polar surface area (TPSA) is 75.9 Å². The van der Waals surface area contributed by atoms with Gasteiger partial charge in [0.25, 0.3) is 0 Å². The van der Waals surface area contributed by atoms with E-state index in [1.807, 2.05) is 0 Å². The number of aryl methyl sites for hydroxylation is 1. The summed E-state index contributed by atoms with van der Waals surface area (Å²) in [6, 6.07) is 0. The first-order valence-electron chi connectivity index (χ1n) is 3.90. The van der Waals surface area contributed by atoms with E-state index in [9.17, 15) is 5.11 Å². The minimum Gasteiger partial charge on any atom is -0.391 e. The van der Waals surface area contributed by atoms with Gasteiger partial charge in [0, 0.05) is 20.1 Å². The average Bonchev–Trinajstić information content (AvgIpc) is 2.59. The van der Waals surface area contributed by atoms with Crippen molar-refractivity contribution in [3.8, 4) is 0 Å². The second-order valence-corrected chi connectivity index (χ2v) is 2.99. The summed E-state index contributed by atoms with van der Waals surface area (Å²) in [6.45, 7) is 1.37. The molecule has 0 aliphatic carbocycles. The van der Waals surface area contributed by atoms with Crippen molar-refractivity contribution in [2.24, 2.45) is 7.05 Å². The lowest BCUT2D eigenvalue weighted by Crippen LogP contribution is -2.19. The van der Waals surface area contributed by atoms with Crippen LogP contribution in [-0.4, -0.2) is 44.5 Å². The van der Waals surface area contributed by atoms with Crippen LogP contribution in [0.4, 0.5) is 0 Å². The normalized spacial score (nSPS) is 29.5. The van der Waals surface area contributed by atoms with Gasteiger partial charge in [0.05, 0.1) is 12.0 Å². The Labute approximate surface area is 69.6 Å². The van der Waals surface area contributed by atoms with Crippen molar-refractivity contribution < 1.29 is 5.11 Å². The lowest BCUT2D eigenvalue weighted by molar-refractivity contribution is 0.173. The van der Waals surface area contributed by atoms with Gasteiger partial charge in [-0.15, -0.1) is 5.10 Å². The number of hydrogen-bond acceptors (Lipinski definition) is 5. The third kappa shape index (κ3) is 1.09. The second kappa shape index (κ2) is 2.80. The molecule has 6 nitrogen and oxygen atoms in total. The summed E-state index contributed by atoms with van der Waals surface area (Å²) in [5.74, 6) is 0.775. The second-order valence-electron chi connectivity index (χ2n) is 2.99. The van der Waals surface area contributed by atoms with Crippen molar-refractivity contribution in [3.63, 3.8) is 0 Å². The van der Waals surface area contributed by atoms with Crippen molar-refractivity contribution in [2.45, 2.75) is 12.0 Å². The summed E-state index contributed by atoms with van der Waals surface area (Å²) in [6.07, 6.45) is -0.366. The molecule has 1 aromatic rings. The summed E-state index contributed by atoms with van der Waals surface area (Å²) in [7, 11) is 1.78. The van der Waals surface area contributed by atoms with E-state index in [0.717, 1.165) is 12.4 Å². The molecule has 0 spiro atoms. The van der Waals surface area contributed by atoms with E-state index < -0.39 is 0 Å². The maximum atomic E-state index is 9.51. The number of β-amino-alcohol motifs (C(OH)–C–C–N with tert-alkyl or cyclic N) is 1. The van der Waals surface area contributed by atoms with E-state index in [1.54, 1.807) is 11.7 Å². The Balaban J connectivity index is 2.24. The first-order chi connectivity index (χ1) is 5.79. The molecule has 12 heavy (non-hydrogen) atoms. The molecule has 66 valence electrons. The van der Waals surface area contributed by atoms with Crippen molar-refractivity contribution in [1.29, 1.82) is 0 Å². The Morgan fingerprint density at radius 1 is 1.58 bits per heavy atom. The van der Waals surface area contributed by atoms with Crippen LogP contribution in [0.1, 0.15) is 11.7 Å². The molecule has 1 saturated heterocycles. The molecule has 1 aliphatic rings. The number of hydrogen-bond donors (Lipinski definition) is 2. The highest BCUT2D eigenvalue weighted by Gasteiger charge is 2.30.